The van der Waals surface area contributed by atoms with Crippen molar-refractivity contribution in [3.05, 3.63) is 53.8 Å². The minimum absolute atomic E-state index is 0.00440. The molecule has 0 spiro atoms. The predicted octanol–water partition coefficient (Wildman–Crippen LogP) is 1.75. The van der Waals surface area contributed by atoms with Crippen LogP contribution in [0.15, 0.2) is 57.5 Å². The number of sulfonamides is 2. The average molecular weight is 612 g/mol. The summed E-state index contributed by atoms with van der Waals surface area (Å²) in [6, 6.07) is 7.32. The number of nitrogens with one attached hydrogen (secondary N) is 1. The summed E-state index contributed by atoms with van der Waals surface area (Å²) in [5.74, 6) is -0.248. The molecule has 40 heavy (non-hydrogen) atoms. The summed E-state index contributed by atoms with van der Waals surface area (Å²) in [6.07, 6.45) is 1.97. The quantitative estimate of drug-likeness (QED) is 0.372. The van der Waals surface area contributed by atoms with Gasteiger partial charge in [-0.25, -0.2) is 13.4 Å². The van der Waals surface area contributed by atoms with Gasteiger partial charge in [0.05, 0.1) is 31.9 Å². The van der Waals surface area contributed by atoms with Crippen LogP contribution < -0.4 is 9.46 Å². The largest absolute Gasteiger partial charge is 0.488 e. The number of anilines is 1. The fourth-order valence-electron chi connectivity index (χ4n) is 4.36. The molecule has 0 saturated heterocycles. The Balaban J connectivity index is 1.68. The van der Waals surface area contributed by atoms with Crippen LogP contribution >= 0.6 is 11.3 Å². The van der Waals surface area contributed by atoms with E-state index in [9.17, 15) is 26.7 Å². The van der Waals surface area contributed by atoms with E-state index in [1.54, 1.807) is 36.4 Å². The van der Waals surface area contributed by atoms with Crippen molar-refractivity contribution in [1.82, 2.24) is 18.8 Å². The van der Waals surface area contributed by atoms with Crippen molar-refractivity contribution in [3.8, 4) is 5.75 Å². The minimum atomic E-state index is -3.98. The molecule has 0 radical (unpaired) electrons. The Morgan fingerprint density at radius 1 is 1.27 bits per heavy atom. The minimum Gasteiger partial charge on any atom is -0.488 e. The molecule has 4 rings (SSSR count). The zero-order valence-corrected chi connectivity index (χ0v) is 25.0. The molecule has 2 N–H and O–H groups in total. The number of thiophene rings is 1. The number of carbonyl (C=O) groups is 1. The molecule has 1 amide bonds. The molecule has 1 aliphatic heterocycles. The van der Waals surface area contributed by atoms with E-state index >= 15 is 0 Å². The lowest BCUT2D eigenvalue weighted by atomic mass is 10.0. The number of ether oxygens (including phenoxy) is 1. The zero-order chi connectivity index (χ0) is 29.2. The van der Waals surface area contributed by atoms with Gasteiger partial charge in [-0.2, -0.15) is 12.7 Å². The lowest BCUT2D eigenvalue weighted by molar-refractivity contribution is -0.134. The van der Waals surface area contributed by atoms with Crippen molar-refractivity contribution in [2.75, 3.05) is 31.5 Å². The number of carbonyl (C=O) groups excluding carboxylic acids is 1. The molecule has 2 aromatic heterocycles. The van der Waals surface area contributed by atoms with Gasteiger partial charge in [0.25, 0.3) is 20.0 Å². The van der Waals surface area contributed by atoms with Gasteiger partial charge in [0.1, 0.15) is 16.1 Å². The summed E-state index contributed by atoms with van der Waals surface area (Å²) in [6.45, 7) is 3.56. The second-order valence-corrected chi connectivity index (χ2v) is 14.8. The molecular formula is C25H33N5O7S3. The highest BCUT2D eigenvalue weighted by Gasteiger charge is 2.34. The highest BCUT2D eigenvalue weighted by atomic mass is 32.2. The number of amides is 1. The van der Waals surface area contributed by atoms with Crippen molar-refractivity contribution in [3.63, 3.8) is 0 Å². The normalized spacial score (nSPS) is 19.4. The number of aromatic nitrogens is 2. The summed E-state index contributed by atoms with van der Waals surface area (Å²) in [5.41, 5.74) is 0.632. The van der Waals surface area contributed by atoms with Gasteiger partial charge in [-0.05, 0) is 36.6 Å². The molecular weight excluding hydrogens is 579 g/mol. The fourth-order valence-corrected chi connectivity index (χ4v) is 7.78. The number of aliphatic hydroxyl groups is 1. The molecule has 3 atom stereocenters. The topological polar surface area (TPSA) is 151 Å². The third kappa shape index (κ3) is 6.49. The summed E-state index contributed by atoms with van der Waals surface area (Å²) < 4.78 is 63.7. The number of rotatable bonds is 9. The van der Waals surface area contributed by atoms with Gasteiger partial charge in [-0.15, -0.1) is 11.3 Å². The second kappa shape index (κ2) is 11.9. The van der Waals surface area contributed by atoms with Crippen LogP contribution in [0.3, 0.4) is 0 Å². The van der Waals surface area contributed by atoms with E-state index in [4.69, 9.17) is 4.74 Å². The maximum atomic E-state index is 13.4. The maximum Gasteiger partial charge on any atom is 0.280 e. The Bertz CT molecular complexity index is 1550. The van der Waals surface area contributed by atoms with Crippen LogP contribution in [-0.4, -0.2) is 85.5 Å². The van der Waals surface area contributed by atoms with Gasteiger partial charge >= 0.3 is 0 Å². The van der Waals surface area contributed by atoms with Crippen LogP contribution in [0, 0.1) is 5.92 Å². The molecule has 0 aliphatic carbocycles. The number of hydrogen-bond donors (Lipinski definition) is 2. The number of aryl methyl sites for hydroxylation is 1. The van der Waals surface area contributed by atoms with Gasteiger partial charge in [0.2, 0.25) is 5.91 Å². The first-order valence-corrected chi connectivity index (χ1v) is 16.3. The Morgan fingerprint density at radius 2 is 2.02 bits per heavy atom. The van der Waals surface area contributed by atoms with E-state index in [0.29, 0.717) is 11.3 Å². The number of likely N-dealkylation sites (N-methyl/N-ethyl adjacent to an activating group) is 1. The van der Waals surface area contributed by atoms with Crippen LogP contribution in [-0.2, 0) is 38.3 Å². The molecule has 218 valence electrons. The number of nitrogens with zero attached hydrogens (tertiary/aromatic N) is 4. The van der Waals surface area contributed by atoms with E-state index in [1.165, 1.54) is 46.6 Å². The maximum absolute atomic E-state index is 13.4. The number of benzene rings is 1. The number of fused-ring (bicyclic) bond motifs is 1. The SMILES string of the molecule is C[C@@H]1CN([C@H](C)CO)C(=O)Cc2cc(NS(=O)(=O)c3cn(C)cn3)ccc2O[C@H]1CN(C)S(=O)(=O)c1cccs1. The second-order valence-electron chi connectivity index (χ2n) is 9.91. The van der Waals surface area contributed by atoms with Crippen molar-refractivity contribution >= 4 is 43.0 Å². The fraction of sp³-hybridized carbons (Fsp3) is 0.440. The zero-order valence-electron chi connectivity index (χ0n) is 22.6. The molecule has 0 saturated carbocycles. The van der Waals surface area contributed by atoms with E-state index in [-0.39, 0.29) is 52.9 Å². The van der Waals surface area contributed by atoms with Crippen LogP contribution in [0.4, 0.5) is 5.69 Å². The Hall–Kier alpha value is -2.98. The van der Waals surface area contributed by atoms with Gasteiger partial charge in [0.15, 0.2) is 5.03 Å². The summed E-state index contributed by atoms with van der Waals surface area (Å²) in [5, 5.41) is 11.4. The van der Waals surface area contributed by atoms with Gasteiger partial charge in [-0.1, -0.05) is 13.0 Å². The van der Waals surface area contributed by atoms with Crippen LogP contribution in [0.25, 0.3) is 0 Å². The van der Waals surface area contributed by atoms with Crippen LogP contribution in [0.2, 0.25) is 0 Å². The number of imidazole rings is 1. The molecule has 1 aromatic carbocycles. The van der Waals surface area contributed by atoms with Crippen molar-refractivity contribution in [2.24, 2.45) is 13.0 Å². The van der Waals surface area contributed by atoms with Crippen molar-refractivity contribution in [2.45, 2.75) is 41.6 Å². The first kappa shape index (κ1) is 30.0. The molecule has 0 bridgehead atoms. The Kier molecular flexibility index (Phi) is 8.89. The lowest BCUT2D eigenvalue weighted by Gasteiger charge is -2.33. The Morgan fingerprint density at radius 3 is 2.65 bits per heavy atom. The number of aliphatic hydroxyl groups excluding tert-OH is 1. The molecule has 3 heterocycles. The average Bonchev–Trinajstić information content (AvgIpc) is 3.60. The van der Waals surface area contributed by atoms with Crippen LogP contribution in [0.1, 0.15) is 19.4 Å². The Labute approximate surface area is 238 Å². The van der Waals surface area contributed by atoms with E-state index in [0.717, 1.165) is 11.3 Å². The van der Waals surface area contributed by atoms with Crippen molar-refractivity contribution in [1.29, 1.82) is 0 Å². The predicted molar refractivity (Wildman–Crippen MR) is 150 cm³/mol. The molecule has 1 aliphatic rings. The van der Waals surface area contributed by atoms with E-state index in [2.05, 4.69) is 9.71 Å². The summed E-state index contributed by atoms with van der Waals surface area (Å²) in [7, 11) is -4.60. The van der Waals surface area contributed by atoms with E-state index < -0.39 is 32.2 Å². The first-order valence-electron chi connectivity index (χ1n) is 12.5. The highest BCUT2D eigenvalue weighted by molar-refractivity contribution is 7.92. The standard InChI is InChI=1S/C25H33N5O7S3/c1-17-12-30(18(2)15-31)24(32)11-19-10-20(27-39(33,34)23-14-28(3)16-26-23)7-8-21(19)37-22(17)13-29(4)40(35,36)25-6-5-9-38-25/h5-10,14,16-18,22,27,31H,11-13,15H2,1-4H3/t17-,18-,22+/m1/s1. The molecule has 0 fully saturated rings. The molecule has 0 unspecified atom stereocenters. The van der Waals surface area contributed by atoms with Gasteiger partial charge in [-0.3, -0.25) is 9.52 Å². The van der Waals surface area contributed by atoms with Gasteiger partial charge in [0, 0.05) is 44.0 Å². The third-order valence-corrected chi connectivity index (χ3v) is 11.2. The number of hydrogen-bond acceptors (Lipinski definition) is 9. The van der Waals surface area contributed by atoms with E-state index in [1.807, 2.05) is 6.92 Å². The monoisotopic (exact) mass is 611 g/mol. The molecule has 3 aromatic rings. The lowest BCUT2D eigenvalue weighted by Crippen LogP contribution is -2.48. The molecule has 15 heteroatoms. The van der Waals surface area contributed by atoms with Gasteiger partial charge < -0.3 is 19.3 Å². The third-order valence-electron chi connectivity index (χ3n) is 6.72. The summed E-state index contributed by atoms with van der Waals surface area (Å²) in [4.78, 5) is 18.8. The smallest absolute Gasteiger partial charge is 0.280 e. The van der Waals surface area contributed by atoms with Crippen LogP contribution in [0.5, 0.6) is 5.75 Å². The first-order chi connectivity index (χ1) is 18.8. The molecule has 12 nitrogen and oxygen atoms in total. The highest BCUT2D eigenvalue weighted by Crippen LogP contribution is 2.31. The summed E-state index contributed by atoms with van der Waals surface area (Å²) >= 11 is 1.12. The van der Waals surface area contributed by atoms with Crippen molar-refractivity contribution < 1.29 is 31.5 Å².